The third-order valence-electron chi connectivity index (χ3n) is 10.3. The van der Waals surface area contributed by atoms with E-state index in [1.54, 1.807) is 0 Å². The van der Waals surface area contributed by atoms with E-state index in [1.807, 2.05) is 27.7 Å². The molecule has 2 atom stereocenters. The maximum atomic E-state index is 5.76. The van der Waals surface area contributed by atoms with Crippen molar-refractivity contribution in [1.29, 1.82) is 0 Å². The lowest BCUT2D eigenvalue weighted by Gasteiger charge is -2.36. The van der Waals surface area contributed by atoms with Crippen molar-refractivity contribution >= 4 is 23.0 Å². The number of benzene rings is 4. The van der Waals surface area contributed by atoms with E-state index in [0.29, 0.717) is 0 Å². The van der Waals surface area contributed by atoms with E-state index in [0.717, 1.165) is 48.0 Å². The summed E-state index contributed by atoms with van der Waals surface area (Å²) in [6.45, 7) is 30.5. The van der Waals surface area contributed by atoms with Gasteiger partial charge in [0.1, 0.15) is 6.17 Å². The van der Waals surface area contributed by atoms with Crippen LogP contribution in [0.4, 0.5) is 23.0 Å². The Morgan fingerprint density at radius 2 is 1.04 bits per heavy atom. The molecule has 1 aromatic heterocycles. The van der Waals surface area contributed by atoms with Crippen LogP contribution in [0.5, 0.6) is 0 Å². The Balaban J connectivity index is 0.00000141. The average molecular weight is 683 g/mol. The minimum atomic E-state index is -0.0418. The predicted molar refractivity (Wildman–Crippen MR) is 223 cm³/mol. The Labute approximate surface area is 310 Å². The van der Waals surface area contributed by atoms with Gasteiger partial charge in [-0.05, 0) is 113 Å². The molecule has 0 amide bonds. The molecular formula is C47H62N4. The third kappa shape index (κ3) is 7.47. The standard InChI is InChI=1S/C43H50N4.2C2H6/c1-11-22-43(10,12-2)35-20-16-17-21-36(35)47-33(9)46(34-18-14-13-15-19-34)41-42(47)45-40(38-31(7)25-28(4)26-32(38)8)39(44-41)37-29(5)23-27(3)24-30(37)6;2*1-2/h13-21,23-26,33H,11-12,22H2,1-10H3;2*1-2H3. The van der Waals surface area contributed by atoms with Crippen molar-refractivity contribution in [3.63, 3.8) is 0 Å². The van der Waals surface area contributed by atoms with Gasteiger partial charge >= 0.3 is 0 Å². The SMILES string of the molecule is CC.CC.CCCC(C)(CC)c1ccccc1N1c2nc(-c3c(C)cc(C)cc3C)c(-c3c(C)cc(C)cc3C)nc2N(c2ccccc2)C1C. The first kappa shape index (κ1) is 39.3. The zero-order valence-electron chi connectivity index (χ0n) is 34.0. The van der Waals surface area contributed by atoms with Crippen LogP contribution in [0, 0.1) is 41.5 Å². The molecule has 0 spiro atoms. The molecule has 270 valence electrons. The number of hydrogen-bond donors (Lipinski definition) is 0. The van der Waals surface area contributed by atoms with Crippen LogP contribution in [-0.2, 0) is 5.41 Å². The van der Waals surface area contributed by atoms with Gasteiger partial charge in [-0.15, -0.1) is 0 Å². The number of fused-ring (bicyclic) bond motifs is 1. The summed E-state index contributed by atoms with van der Waals surface area (Å²) < 4.78 is 0. The molecule has 6 rings (SSSR count). The van der Waals surface area contributed by atoms with Gasteiger partial charge in [0.2, 0.25) is 0 Å². The number of aromatic nitrogens is 2. The number of para-hydroxylation sites is 2. The van der Waals surface area contributed by atoms with Crippen LogP contribution >= 0.6 is 0 Å². The lowest BCUT2D eigenvalue weighted by Crippen LogP contribution is -2.37. The molecule has 5 aromatic rings. The van der Waals surface area contributed by atoms with Gasteiger partial charge in [-0.1, -0.05) is 127 Å². The summed E-state index contributed by atoms with van der Waals surface area (Å²) in [5.41, 5.74) is 15.4. The number of nitrogens with zero attached hydrogens (tertiary/aromatic N) is 4. The fraction of sp³-hybridized carbons (Fsp3) is 0.404. The Bertz CT molecular complexity index is 1900. The summed E-state index contributed by atoms with van der Waals surface area (Å²) in [4.78, 5) is 16.3. The molecule has 4 aromatic carbocycles. The van der Waals surface area contributed by atoms with Gasteiger partial charge in [0.15, 0.2) is 11.6 Å². The molecule has 4 nitrogen and oxygen atoms in total. The highest BCUT2D eigenvalue weighted by Gasteiger charge is 2.41. The molecule has 51 heavy (non-hydrogen) atoms. The fourth-order valence-corrected chi connectivity index (χ4v) is 8.16. The van der Waals surface area contributed by atoms with E-state index >= 15 is 0 Å². The zero-order chi connectivity index (χ0) is 37.6. The molecule has 4 heteroatoms. The molecule has 0 saturated heterocycles. The lowest BCUT2D eigenvalue weighted by atomic mass is 9.75. The Kier molecular flexibility index (Phi) is 12.9. The summed E-state index contributed by atoms with van der Waals surface area (Å²) >= 11 is 0. The van der Waals surface area contributed by atoms with Crippen LogP contribution in [0.15, 0.2) is 78.9 Å². The van der Waals surface area contributed by atoms with E-state index in [4.69, 9.17) is 9.97 Å². The summed E-state index contributed by atoms with van der Waals surface area (Å²) in [6, 6.07) is 28.8. The van der Waals surface area contributed by atoms with Gasteiger partial charge in [-0.3, -0.25) is 0 Å². The van der Waals surface area contributed by atoms with Crippen molar-refractivity contribution in [3.8, 4) is 22.5 Å². The molecule has 2 heterocycles. The van der Waals surface area contributed by atoms with Crippen LogP contribution < -0.4 is 9.80 Å². The summed E-state index contributed by atoms with van der Waals surface area (Å²) in [5, 5.41) is 0. The van der Waals surface area contributed by atoms with E-state index in [2.05, 4.69) is 158 Å². The minimum absolute atomic E-state index is 0.0418. The van der Waals surface area contributed by atoms with Crippen LogP contribution in [0.3, 0.4) is 0 Å². The molecule has 0 aliphatic carbocycles. The second-order valence-electron chi connectivity index (χ2n) is 14.0. The van der Waals surface area contributed by atoms with Gasteiger partial charge in [0.25, 0.3) is 0 Å². The largest absolute Gasteiger partial charge is 0.302 e. The van der Waals surface area contributed by atoms with Crippen LogP contribution in [-0.4, -0.2) is 16.1 Å². The van der Waals surface area contributed by atoms with Gasteiger partial charge < -0.3 is 9.80 Å². The van der Waals surface area contributed by atoms with Crippen LogP contribution in [0.2, 0.25) is 0 Å². The van der Waals surface area contributed by atoms with Crippen LogP contribution in [0.25, 0.3) is 22.5 Å². The van der Waals surface area contributed by atoms with E-state index < -0.39 is 0 Å². The first-order chi connectivity index (χ1) is 24.5. The quantitative estimate of drug-likeness (QED) is 0.163. The molecule has 2 unspecified atom stereocenters. The molecular weight excluding hydrogens is 621 g/mol. The highest BCUT2D eigenvalue weighted by atomic mass is 15.5. The van der Waals surface area contributed by atoms with Gasteiger partial charge in [-0.25, -0.2) is 9.97 Å². The second-order valence-corrected chi connectivity index (χ2v) is 14.0. The summed E-state index contributed by atoms with van der Waals surface area (Å²) in [6.07, 6.45) is 3.29. The Morgan fingerprint density at radius 1 is 0.608 bits per heavy atom. The topological polar surface area (TPSA) is 32.3 Å². The van der Waals surface area contributed by atoms with E-state index in [-0.39, 0.29) is 11.6 Å². The van der Waals surface area contributed by atoms with Gasteiger partial charge in [0.05, 0.1) is 11.4 Å². The fourth-order valence-electron chi connectivity index (χ4n) is 8.16. The first-order valence-corrected chi connectivity index (χ1v) is 19.3. The minimum Gasteiger partial charge on any atom is -0.302 e. The molecule has 0 radical (unpaired) electrons. The summed E-state index contributed by atoms with van der Waals surface area (Å²) in [7, 11) is 0. The highest BCUT2D eigenvalue weighted by Crippen LogP contribution is 2.51. The van der Waals surface area contributed by atoms with Crippen molar-refractivity contribution in [1.82, 2.24) is 9.97 Å². The monoisotopic (exact) mass is 682 g/mol. The number of rotatable bonds is 8. The average Bonchev–Trinajstić information content (AvgIpc) is 3.39. The van der Waals surface area contributed by atoms with Crippen molar-refractivity contribution in [2.45, 2.75) is 128 Å². The van der Waals surface area contributed by atoms with Crippen molar-refractivity contribution in [3.05, 3.63) is 118 Å². The maximum Gasteiger partial charge on any atom is 0.179 e. The van der Waals surface area contributed by atoms with Gasteiger partial charge in [-0.2, -0.15) is 0 Å². The third-order valence-corrected chi connectivity index (χ3v) is 10.3. The maximum absolute atomic E-state index is 5.76. The molecule has 1 aliphatic heterocycles. The Hall–Kier alpha value is -4.44. The lowest BCUT2D eigenvalue weighted by molar-refractivity contribution is 0.414. The number of aryl methyl sites for hydroxylation is 6. The second kappa shape index (κ2) is 16.7. The molecule has 0 N–H and O–H groups in total. The van der Waals surface area contributed by atoms with Crippen molar-refractivity contribution in [2.24, 2.45) is 0 Å². The normalized spacial score (nSPS) is 14.6. The summed E-state index contributed by atoms with van der Waals surface area (Å²) in [5.74, 6) is 1.80. The molecule has 0 saturated carbocycles. The zero-order valence-corrected chi connectivity index (χ0v) is 34.0. The number of hydrogen-bond acceptors (Lipinski definition) is 4. The molecule has 1 aliphatic rings. The smallest absolute Gasteiger partial charge is 0.179 e. The molecule has 0 bridgehead atoms. The van der Waals surface area contributed by atoms with E-state index in [9.17, 15) is 0 Å². The first-order valence-electron chi connectivity index (χ1n) is 19.3. The Morgan fingerprint density at radius 3 is 1.49 bits per heavy atom. The van der Waals surface area contributed by atoms with Crippen LogP contribution in [0.1, 0.15) is 114 Å². The molecule has 0 fully saturated rings. The van der Waals surface area contributed by atoms with Gasteiger partial charge in [0, 0.05) is 22.5 Å². The van der Waals surface area contributed by atoms with Crippen molar-refractivity contribution < 1.29 is 0 Å². The highest BCUT2D eigenvalue weighted by molar-refractivity contribution is 5.92. The predicted octanol–water partition coefficient (Wildman–Crippen LogP) is 13.8. The van der Waals surface area contributed by atoms with E-state index in [1.165, 1.54) is 55.8 Å². The number of anilines is 4. The van der Waals surface area contributed by atoms with Crippen molar-refractivity contribution in [2.75, 3.05) is 9.80 Å².